The molecule has 1 saturated carbocycles. The fourth-order valence-electron chi connectivity index (χ4n) is 2.79. The highest BCUT2D eigenvalue weighted by atomic mass is 79.9. The number of nitrogens with one attached hydrogen (secondary N) is 1. The monoisotopic (exact) mass is 350 g/mol. The normalized spacial score (nSPS) is 18.5. The Balaban J connectivity index is 2.07. The van der Waals surface area contributed by atoms with Crippen molar-refractivity contribution in [2.24, 2.45) is 5.73 Å². The molecule has 1 fully saturated rings. The lowest BCUT2D eigenvalue weighted by Gasteiger charge is -2.25. The van der Waals surface area contributed by atoms with Gasteiger partial charge in [0, 0.05) is 21.8 Å². The molecule has 1 aliphatic carbocycles. The average molecular weight is 351 g/mol. The number of aliphatic hydroxyl groups is 1. The van der Waals surface area contributed by atoms with Gasteiger partial charge in [0.25, 0.3) is 0 Å². The number of rotatable bonds is 5. The van der Waals surface area contributed by atoms with Gasteiger partial charge in [0.05, 0.1) is 0 Å². The third-order valence-electron chi connectivity index (χ3n) is 3.88. The van der Waals surface area contributed by atoms with Gasteiger partial charge in [-0.3, -0.25) is 5.32 Å². The molecule has 0 heterocycles. The van der Waals surface area contributed by atoms with Gasteiger partial charge in [0.15, 0.2) is 0 Å². The lowest BCUT2D eigenvalue weighted by molar-refractivity contribution is 0.155. The van der Waals surface area contributed by atoms with Gasteiger partial charge in [-0.15, -0.1) is 0 Å². The predicted molar refractivity (Wildman–Crippen MR) is 92.6 cm³/mol. The molecule has 0 aromatic heterocycles. The van der Waals surface area contributed by atoms with Crippen molar-refractivity contribution in [3.05, 3.63) is 48.0 Å². The highest BCUT2D eigenvalue weighted by molar-refractivity contribution is 9.15. The van der Waals surface area contributed by atoms with Crippen LogP contribution in [0.2, 0.25) is 0 Å². The van der Waals surface area contributed by atoms with E-state index in [0.29, 0.717) is 11.7 Å². The third-order valence-corrected chi connectivity index (χ3v) is 4.31. The van der Waals surface area contributed by atoms with Crippen molar-refractivity contribution in [1.29, 1.82) is 0 Å². The SMILES string of the molecule is C=C(Br)c1ccccc1/C(N)=C/C(O)NC1CCCCC1. The summed E-state index contributed by atoms with van der Waals surface area (Å²) < 4.78 is 0.782. The van der Waals surface area contributed by atoms with Crippen molar-refractivity contribution >= 4 is 26.1 Å². The number of benzene rings is 1. The minimum absolute atomic E-state index is 0.388. The van der Waals surface area contributed by atoms with Crippen molar-refractivity contribution in [3.63, 3.8) is 0 Å². The Morgan fingerprint density at radius 2 is 1.90 bits per heavy atom. The van der Waals surface area contributed by atoms with Gasteiger partial charge in [0.1, 0.15) is 6.23 Å². The van der Waals surface area contributed by atoms with Gasteiger partial charge < -0.3 is 10.8 Å². The summed E-state index contributed by atoms with van der Waals surface area (Å²) in [7, 11) is 0. The average Bonchev–Trinajstić information content (AvgIpc) is 2.48. The molecule has 0 aliphatic heterocycles. The summed E-state index contributed by atoms with van der Waals surface area (Å²) in [5.74, 6) is 0. The van der Waals surface area contributed by atoms with Gasteiger partial charge in [-0.2, -0.15) is 0 Å². The van der Waals surface area contributed by atoms with Crippen LogP contribution in [0.25, 0.3) is 10.2 Å². The first-order valence-electron chi connectivity index (χ1n) is 7.43. The van der Waals surface area contributed by atoms with E-state index in [2.05, 4.69) is 27.8 Å². The number of hydrogen-bond donors (Lipinski definition) is 3. The lowest BCUT2D eigenvalue weighted by Crippen LogP contribution is -2.38. The van der Waals surface area contributed by atoms with Crippen LogP contribution in [-0.2, 0) is 0 Å². The van der Waals surface area contributed by atoms with E-state index in [9.17, 15) is 5.11 Å². The number of aliphatic hydroxyl groups excluding tert-OH is 1. The zero-order chi connectivity index (χ0) is 15.2. The van der Waals surface area contributed by atoms with E-state index in [1.807, 2.05) is 24.3 Å². The molecule has 21 heavy (non-hydrogen) atoms. The molecule has 2 rings (SSSR count). The van der Waals surface area contributed by atoms with Crippen molar-refractivity contribution in [3.8, 4) is 0 Å². The van der Waals surface area contributed by atoms with Gasteiger partial charge in [0.2, 0.25) is 0 Å². The van der Waals surface area contributed by atoms with Crippen LogP contribution in [0.4, 0.5) is 0 Å². The Morgan fingerprint density at radius 3 is 2.52 bits per heavy atom. The molecule has 1 atom stereocenters. The highest BCUT2D eigenvalue weighted by Gasteiger charge is 2.16. The molecule has 0 saturated heterocycles. The van der Waals surface area contributed by atoms with Gasteiger partial charge in [-0.25, -0.2) is 0 Å². The predicted octanol–water partition coefficient (Wildman–Crippen LogP) is 3.59. The Labute approximate surface area is 135 Å². The molecule has 0 bridgehead atoms. The maximum atomic E-state index is 10.2. The molecule has 1 aliphatic rings. The van der Waals surface area contributed by atoms with Crippen molar-refractivity contribution < 1.29 is 5.11 Å². The topological polar surface area (TPSA) is 58.3 Å². The molecular formula is C17H23BrN2O. The maximum absolute atomic E-state index is 10.2. The second-order valence-corrected chi connectivity index (χ2v) is 6.48. The zero-order valence-corrected chi connectivity index (χ0v) is 13.8. The molecular weight excluding hydrogens is 328 g/mol. The fraction of sp³-hybridized carbons (Fsp3) is 0.412. The summed E-state index contributed by atoms with van der Waals surface area (Å²) in [4.78, 5) is 0. The molecule has 0 radical (unpaired) electrons. The van der Waals surface area contributed by atoms with Crippen molar-refractivity contribution in [1.82, 2.24) is 5.32 Å². The summed E-state index contributed by atoms with van der Waals surface area (Å²) in [6.07, 6.45) is 6.96. The smallest absolute Gasteiger partial charge is 0.126 e. The molecule has 4 N–H and O–H groups in total. The quantitative estimate of drug-likeness (QED) is 0.711. The second kappa shape index (κ2) is 7.78. The van der Waals surface area contributed by atoms with E-state index in [1.54, 1.807) is 6.08 Å². The van der Waals surface area contributed by atoms with Crippen LogP contribution in [0, 0.1) is 0 Å². The van der Waals surface area contributed by atoms with E-state index < -0.39 is 6.23 Å². The fourth-order valence-corrected chi connectivity index (χ4v) is 3.14. The number of hydrogen-bond acceptors (Lipinski definition) is 3. The standard InChI is InChI=1S/C17H23BrN2O/c1-12(18)14-9-5-6-10-15(14)16(19)11-17(21)20-13-7-3-2-4-8-13/h5-6,9-11,13,17,20-21H,1-4,7-8,19H2/b16-11-. The minimum Gasteiger partial charge on any atom is -0.398 e. The molecule has 1 aromatic rings. The molecule has 0 amide bonds. The van der Waals surface area contributed by atoms with Crippen LogP contribution in [0.3, 0.4) is 0 Å². The largest absolute Gasteiger partial charge is 0.398 e. The molecule has 1 aromatic carbocycles. The van der Waals surface area contributed by atoms with Crippen LogP contribution >= 0.6 is 15.9 Å². The Bertz CT molecular complexity index is 521. The first-order chi connectivity index (χ1) is 10.1. The Hall–Kier alpha value is -1.10. The Morgan fingerprint density at radius 1 is 1.29 bits per heavy atom. The molecule has 1 unspecified atom stereocenters. The van der Waals surface area contributed by atoms with Crippen molar-refractivity contribution in [2.75, 3.05) is 0 Å². The van der Waals surface area contributed by atoms with E-state index in [1.165, 1.54) is 19.3 Å². The molecule has 4 heteroatoms. The summed E-state index contributed by atoms with van der Waals surface area (Å²) in [6, 6.07) is 8.14. The van der Waals surface area contributed by atoms with Crippen LogP contribution < -0.4 is 11.1 Å². The maximum Gasteiger partial charge on any atom is 0.126 e. The van der Waals surface area contributed by atoms with Gasteiger partial charge in [-0.1, -0.05) is 66.0 Å². The van der Waals surface area contributed by atoms with E-state index in [0.717, 1.165) is 28.5 Å². The van der Waals surface area contributed by atoms with Crippen LogP contribution in [-0.4, -0.2) is 17.4 Å². The molecule has 0 spiro atoms. The Kier molecular flexibility index (Phi) is 6.03. The van der Waals surface area contributed by atoms with Gasteiger partial charge >= 0.3 is 0 Å². The first kappa shape index (κ1) is 16.3. The van der Waals surface area contributed by atoms with Crippen LogP contribution in [0.1, 0.15) is 43.2 Å². The summed E-state index contributed by atoms with van der Waals surface area (Å²) in [5.41, 5.74) is 8.52. The minimum atomic E-state index is -0.718. The molecule has 114 valence electrons. The van der Waals surface area contributed by atoms with Crippen LogP contribution in [0.15, 0.2) is 36.9 Å². The summed E-state index contributed by atoms with van der Waals surface area (Å²) in [6.45, 7) is 3.90. The van der Waals surface area contributed by atoms with Gasteiger partial charge in [-0.05, 0) is 24.5 Å². The van der Waals surface area contributed by atoms with E-state index >= 15 is 0 Å². The van der Waals surface area contributed by atoms with E-state index in [4.69, 9.17) is 5.73 Å². The van der Waals surface area contributed by atoms with Crippen molar-refractivity contribution in [2.45, 2.75) is 44.4 Å². The van der Waals surface area contributed by atoms with E-state index in [-0.39, 0.29) is 0 Å². The number of halogens is 1. The summed E-state index contributed by atoms with van der Waals surface area (Å²) in [5, 5.41) is 13.4. The highest BCUT2D eigenvalue weighted by Crippen LogP contribution is 2.26. The van der Waals surface area contributed by atoms with Crippen LogP contribution in [0.5, 0.6) is 0 Å². The third kappa shape index (κ3) is 4.70. The molecule has 3 nitrogen and oxygen atoms in total. The lowest BCUT2D eigenvalue weighted by atomic mass is 9.95. The summed E-state index contributed by atoms with van der Waals surface area (Å²) >= 11 is 3.39. The first-order valence-corrected chi connectivity index (χ1v) is 8.23. The number of nitrogens with two attached hydrogens (primary N) is 1. The second-order valence-electron chi connectivity index (χ2n) is 5.52. The zero-order valence-electron chi connectivity index (χ0n) is 12.2.